The highest BCUT2D eigenvalue weighted by Crippen LogP contribution is 2.44. The summed E-state index contributed by atoms with van der Waals surface area (Å²) in [6, 6.07) is 1.63. The maximum absolute atomic E-state index is 12.7. The molecule has 4 heterocycles. The number of hydrogen-bond acceptors (Lipinski definition) is 5. The molecule has 8 heteroatoms. The third-order valence-corrected chi connectivity index (χ3v) is 7.24. The van der Waals surface area contributed by atoms with Crippen molar-refractivity contribution in [2.24, 2.45) is 11.3 Å². The molecule has 3 aliphatic rings. The van der Waals surface area contributed by atoms with Gasteiger partial charge in [0.05, 0.1) is 11.8 Å². The standard InChI is InChI=1S/C19H23F3N4S/c20-19(21,22)6-14-5-15-16(23-12-24-17(15)27-14)26-10-18(11-26)8-25(9-18)7-13-3-1-2-4-13/h5,12-13H,1-4,6-11H2. The first-order valence-electron chi connectivity index (χ1n) is 9.67. The molecule has 0 aromatic carbocycles. The molecule has 2 saturated heterocycles. The van der Waals surface area contributed by atoms with Gasteiger partial charge < -0.3 is 9.80 Å². The molecule has 2 aliphatic heterocycles. The van der Waals surface area contributed by atoms with Crippen molar-refractivity contribution >= 4 is 27.4 Å². The fourth-order valence-corrected chi connectivity index (χ4v) is 6.15. The summed E-state index contributed by atoms with van der Waals surface area (Å²) in [6.07, 6.45) is 1.93. The van der Waals surface area contributed by atoms with E-state index in [1.165, 1.54) is 38.6 Å². The van der Waals surface area contributed by atoms with Crippen LogP contribution in [-0.2, 0) is 6.42 Å². The first-order chi connectivity index (χ1) is 12.9. The molecule has 0 N–H and O–H groups in total. The van der Waals surface area contributed by atoms with E-state index in [1.807, 2.05) is 0 Å². The summed E-state index contributed by atoms with van der Waals surface area (Å²) < 4.78 is 38.1. The smallest absolute Gasteiger partial charge is 0.355 e. The zero-order valence-electron chi connectivity index (χ0n) is 15.1. The highest BCUT2D eigenvalue weighted by atomic mass is 32.1. The molecule has 0 atom stereocenters. The third kappa shape index (κ3) is 3.42. The zero-order chi connectivity index (χ0) is 18.6. The van der Waals surface area contributed by atoms with E-state index in [9.17, 15) is 13.2 Å². The van der Waals surface area contributed by atoms with Crippen molar-refractivity contribution in [3.05, 3.63) is 17.3 Å². The summed E-state index contributed by atoms with van der Waals surface area (Å²) >= 11 is 1.12. The van der Waals surface area contributed by atoms with Crippen molar-refractivity contribution in [1.29, 1.82) is 0 Å². The summed E-state index contributed by atoms with van der Waals surface area (Å²) in [5.41, 5.74) is 0.362. The normalized spacial score (nSPS) is 23.1. The van der Waals surface area contributed by atoms with Gasteiger partial charge in [-0.3, -0.25) is 0 Å². The van der Waals surface area contributed by atoms with Crippen LogP contribution in [0.1, 0.15) is 30.6 Å². The second kappa shape index (κ2) is 6.30. The van der Waals surface area contributed by atoms with Gasteiger partial charge in [-0.25, -0.2) is 9.97 Å². The molecule has 4 nitrogen and oxygen atoms in total. The summed E-state index contributed by atoms with van der Waals surface area (Å²) in [5, 5.41) is 0.763. The van der Waals surface area contributed by atoms with Gasteiger partial charge >= 0.3 is 6.18 Å². The minimum Gasteiger partial charge on any atom is -0.355 e. The molecule has 3 fully saturated rings. The average molecular weight is 396 g/mol. The molecular weight excluding hydrogens is 373 g/mol. The van der Waals surface area contributed by atoms with Gasteiger partial charge in [-0.1, -0.05) is 12.8 Å². The van der Waals surface area contributed by atoms with E-state index in [4.69, 9.17) is 0 Å². The molecule has 27 heavy (non-hydrogen) atoms. The minimum absolute atomic E-state index is 0.306. The number of alkyl halides is 3. The van der Waals surface area contributed by atoms with Crippen LogP contribution in [0, 0.1) is 11.3 Å². The van der Waals surface area contributed by atoms with Crippen molar-refractivity contribution < 1.29 is 13.2 Å². The van der Waals surface area contributed by atoms with Crippen LogP contribution >= 0.6 is 11.3 Å². The van der Waals surface area contributed by atoms with E-state index in [-0.39, 0.29) is 0 Å². The average Bonchev–Trinajstić information content (AvgIpc) is 3.15. The van der Waals surface area contributed by atoms with E-state index in [0.29, 0.717) is 15.1 Å². The molecule has 146 valence electrons. The van der Waals surface area contributed by atoms with Crippen LogP contribution < -0.4 is 4.90 Å². The maximum Gasteiger partial charge on any atom is 0.393 e. The van der Waals surface area contributed by atoms with Crippen LogP contribution in [0.15, 0.2) is 12.4 Å². The number of hydrogen-bond donors (Lipinski definition) is 0. The number of nitrogens with zero attached hydrogens (tertiary/aromatic N) is 4. The largest absolute Gasteiger partial charge is 0.393 e. The second-order valence-corrected chi connectivity index (χ2v) is 9.71. The van der Waals surface area contributed by atoms with E-state index in [0.717, 1.165) is 54.6 Å². The van der Waals surface area contributed by atoms with E-state index in [1.54, 1.807) is 6.07 Å². The Balaban J connectivity index is 1.24. The van der Waals surface area contributed by atoms with Crippen LogP contribution in [0.4, 0.5) is 19.0 Å². The van der Waals surface area contributed by atoms with E-state index >= 15 is 0 Å². The third-order valence-electron chi connectivity index (χ3n) is 6.20. The minimum atomic E-state index is -4.19. The van der Waals surface area contributed by atoms with Gasteiger partial charge in [-0.15, -0.1) is 11.3 Å². The fourth-order valence-electron chi connectivity index (χ4n) is 5.13. The molecule has 5 rings (SSSR count). The number of rotatable bonds is 4. The number of anilines is 1. The summed E-state index contributed by atoms with van der Waals surface area (Å²) in [4.78, 5) is 14.3. The summed E-state index contributed by atoms with van der Waals surface area (Å²) in [5.74, 6) is 1.68. The first kappa shape index (κ1) is 17.7. The lowest BCUT2D eigenvalue weighted by molar-refractivity contribution is -0.126. The number of thiophene rings is 1. The monoisotopic (exact) mass is 396 g/mol. The summed E-state index contributed by atoms with van der Waals surface area (Å²) in [7, 11) is 0. The second-order valence-electron chi connectivity index (χ2n) is 8.60. The molecule has 0 amide bonds. The zero-order valence-corrected chi connectivity index (χ0v) is 16.0. The lowest BCUT2D eigenvalue weighted by atomic mass is 9.72. The van der Waals surface area contributed by atoms with Crippen LogP contribution in [0.25, 0.3) is 10.2 Å². The molecule has 0 bridgehead atoms. The van der Waals surface area contributed by atoms with Crippen LogP contribution in [0.5, 0.6) is 0 Å². The molecule has 2 aromatic heterocycles. The van der Waals surface area contributed by atoms with Crippen LogP contribution in [0.2, 0.25) is 0 Å². The van der Waals surface area contributed by atoms with Gasteiger partial charge in [-0.2, -0.15) is 13.2 Å². The Morgan fingerprint density at radius 2 is 1.85 bits per heavy atom. The Kier molecular flexibility index (Phi) is 4.13. The molecular formula is C19H23F3N4S. The van der Waals surface area contributed by atoms with Gasteiger partial charge in [0.15, 0.2) is 0 Å². The van der Waals surface area contributed by atoms with Crippen LogP contribution in [-0.4, -0.2) is 53.8 Å². The number of likely N-dealkylation sites (tertiary alicyclic amines) is 1. The van der Waals surface area contributed by atoms with Crippen molar-refractivity contribution in [2.75, 3.05) is 37.6 Å². The van der Waals surface area contributed by atoms with Crippen molar-refractivity contribution in [3.8, 4) is 0 Å². The number of halogens is 3. The SMILES string of the molecule is FC(F)(F)Cc1cc2c(N3CC4(CN(CC5CCCC5)C4)C3)ncnc2s1. The highest BCUT2D eigenvalue weighted by molar-refractivity contribution is 7.18. The maximum atomic E-state index is 12.7. The summed E-state index contributed by atoms with van der Waals surface area (Å²) in [6.45, 7) is 5.44. The van der Waals surface area contributed by atoms with Crippen LogP contribution in [0.3, 0.4) is 0 Å². The molecule has 2 aromatic rings. The molecule has 1 aliphatic carbocycles. The van der Waals surface area contributed by atoms with Gasteiger partial charge in [0.1, 0.15) is 17.0 Å². The number of aromatic nitrogens is 2. The Morgan fingerprint density at radius 3 is 2.56 bits per heavy atom. The van der Waals surface area contributed by atoms with Gasteiger partial charge in [0.2, 0.25) is 0 Å². The quantitative estimate of drug-likeness (QED) is 0.779. The van der Waals surface area contributed by atoms with E-state index < -0.39 is 12.6 Å². The van der Waals surface area contributed by atoms with E-state index in [2.05, 4.69) is 19.8 Å². The fraction of sp³-hybridized carbons (Fsp3) is 0.684. The van der Waals surface area contributed by atoms with Crippen molar-refractivity contribution in [1.82, 2.24) is 14.9 Å². The molecule has 0 radical (unpaired) electrons. The first-order valence-corrected chi connectivity index (χ1v) is 10.5. The number of fused-ring (bicyclic) bond motifs is 1. The Bertz CT molecular complexity index is 829. The predicted molar refractivity (Wildman–Crippen MR) is 100 cm³/mol. The van der Waals surface area contributed by atoms with Gasteiger partial charge in [0.25, 0.3) is 0 Å². The topological polar surface area (TPSA) is 32.3 Å². The van der Waals surface area contributed by atoms with Crippen molar-refractivity contribution in [2.45, 2.75) is 38.3 Å². The van der Waals surface area contributed by atoms with Crippen molar-refractivity contribution in [3.63, 3.8) is 0 Å². The highest BCUT2D eigenvalue weighted by Gasteiger charge is 2.52. The Labute approximate surface area is 160 Å². The Morgan fingerprint density at radius 1 is 1.11 bits per heavy atom. The lowest BCUT2D eigenvalue weighted by Crippen LogP contribution is -2.72. The predicted octanol–water partition coefficient (Wildman–Crippen LogP) is 4.11. The van der Waals surface area contributed by atoms with Gasteiger partial charge in [0, 0.05) is 43.0 Å². The van der Waals surface area contributed by atoms with Gasteiger partial charge in [-0.05, 0) is 24.8 Å². The lowest BCUT2D eigenvalue weighted by Gasteiger charge is -2.61. The molecule has 0 unspecified atom stereocenters. The Hall–Kier alpha value is -1.41. The molecule has 1 saturated carbocycles. The molecule has 1 spiro atoms.